The molecule has 0 aliphatic rings. The number of hydrogen-bond acceptors (Lipinski definition) is 5. The molecule has 2 N–H and O–H groups in total. The van der Waals surface area contributed by atoms with Crippen molar-refractivity contribution in [2.45, 2.75) is 25.2 Å². The Balaban J connectivity index is 1.74. The lowest BCUT2D eigenvalue weighted by Crippen LogP contribution is -2.42. The molecule has 0 aromatic heterocycles. The number of hydrazine groups is 1. The summed E-state index contributed by atoms with van der Waals surface area (Å²) in [5.74, 6) is -0.900. The van der Waals surface area contributed by atoms with E-state index >= 15 is 0 Å². The molecule has 3 aromatic rings. The van der Waals surface area contributed by atoms with Crippen molar-refractivity contribution in [1.82, 2.24) is 15.2 Å². The Bertz CT molecular complexity index is 1260. The van der Waals surface area contributed by atoms with Gasteiger partial charge >= 0.3 is 0 Å². The van der Waals surface area contributed by atoms with Gasteiger partial charge in [-0.15, -0.1) is 0 Å². The Labute approximate surface area is 193 Å². The van der Waals surface area contributed by atoms with Crippen LogP contribution in [0.25, 0.3) is 10.8 Å². The van der Waals surface area contributed by atoms with Gasteiger partial charge in [0, 0.05) is 18.7 Å². The van der Waals surface area contributed by atoms with E-state index in [4.69, 9.17) is 4.74 Å². The van der Waals surface area contributed by atoms with Crippen LogP contribution in [0.3, 0.4) is 0 Å². The lowest BCUT2D eigenvalue weighted by Gasteiger charge is -2.20. The van der Waals surface area contributed by atoms with Gasteiger partial charge in [-0.2, -0.15) is 4.31 Å². The first-order valence-corrected chi connectivity index (χ1v) is 12.0. The van der Waals surface area contributed by atoms with Gasteiger partial charge in [-0.1, -0.05) is 56.3 Å². The molecular weight excluding hydrogens is 442 g/mol. The highest BCUT2D eigenvalue weighted by molar-refractivity contribution is 7.89. The normalized spacial score (nSPS) is 11.4. The van der Waals surface area contributed by atoms with Gasteiger partial charge in [-0.3, -0.25) is 20.4 Å². The topological polar surface area (TPSA) is 105 Å². The van der Waals surface area contributed by atoms with Gasteiger partial charge < -0.3 is 4.74 Å². The van der Waals surface area contributed by atoms with Crippen LogP contribution in [0, 0.1) is 0 Å². The third kappa shape index (κ3) is 5.32. The minimum Gasteiger partial charge on any atom is -0.495 e. The molecule has 8 nitrogen and oxygen atoms in total. The van der Waals surface area contributed by atoms with Crippen LogP contribution < -0.4 is 15.6 Å². The molecule has 0 bridgehead atoms. The van der Waals surface area contributed by atoms with Crippen LogP contribution in [0.4, 0.5) is 0 Å². The third-order valence-electron chi connectivity index (χ3n) is 5.30. The summed E-state index contributed by atoms with van der Waals surface area (Å²) in [5.41, 5.74) is 5.66. The van der Waals surface area contributed by atoms with E-state index in [1.54, 1.807) is 13.8 Å². The summed E-state index contributed by atoms with van der Waals surface area (Å²) in [4.78, 5) is 25.0. The molecule has 0 fully saturated rings. The largest absolute Gasteiger partial charge is 0.495 e. The number of ether oxygens (including phenoxy) is 1. The maximum atomic E-state index is 13.0. The second-order valence-electron chi connectivity index (χ2n) is 7.27. The molecule has 2 amide bonds. The number of amides is 2. The van der Waals surface area contributed by atoms with E-state index in [-0.39, 0.29) is 35.7 Å². The van der Waals surface area contributed by atoms with Gasteiger partial charge in [-0.05, 0) is 34.5 Å². The number of hydrogen-bond donors (Lipinski definition) is 2. The minimum absolute atomic E-state index is 0.0752. The van der Waals surface area contributed by atoms with E-state index in [0.29, 0.717) is 0 Å². The lowest BCUT2D eigenvalue weighted by molar-refractivity contribution is -0.121. The average molecular weight is 470 g/mol. The summed E-state index contributed by atoms with van der Waals surface area (Å²) >= 11 is 0. The fraction of sp³-hybridized carbons (Fsp3) is 0.250. The SMILES string of the molecule is CCN(CC)S(=O)(=O)c1cc(C(=O)NNC(=O)Cc2cccc3ccccc23)ccc1OC. The van der Waals surface area contributed by atoms with Crippen molar-refractivity contribution in [2.75, 3.05) is 20.2 Å². The molecule has 0 saturated carbocycles. The maximum Gasteiger partial charge on any atom is 0.269 e. The molecule has 0 aliphatic carbocycles. The van der Waals surface area contributed by atoms with Gasteiger partial charge in [0.25, 0.3) is 5.91 Å². The van der Waals surface area contributed by atoms with Crippen molar-refractivity contribution in [3.63, 3.8) is 0 Å². The summed E-state index contributed by atoms with van der Waals surface area (Å²) in [6.07, 6.45) is 0.0752. The van der Waals surface area contributed by atoms with E-state index in [1.165, 1.54) is 29.6 Å². The minimum atomic E-state index is -3.85. The molecule has 0 unspecified atom stereocenters. The predicted molar refractivity (Wildman–Crippen MR) is 126 cm³/mol. The monoisotopic (exact) mass is 469 g/mol. The van der Waals surface area contributed by atoms with Crippen molar-refractivity contribution < 1.29 is 22.7 Å². The number of nitrogens with one attached hydrogen (secondary N) is 2. The van der Waals surface area contributed by atoms with Gasteiger partial charge in [0.15, 0.2) is 0 Å². The molecule has 174 valence electrons. The van der Waals surface area contributed by atoms with Crippen molar-refractivity contribution in [3.8, 4) is 5.75 Å². The maximum absolute atomic E-state index is 13.0. The van der Waals surface area contributed by atoms with Crippen molar-refractivity contribution in [1.29, 1.82) is 0 Å². The van der Waals surface area contributed by atoms with Gasteiger partial charge in [0.1, 0.15) is 10.6 Å². The van der Waals surface area contributed by atoms with Crippen LogP contribution >= 0.6 is 0 Å². The predicted octanol–water partition coefficient (Wildman–Crippen LogP) is 2.88. The molecule has 9 heteroatoms. The first-order valence-electron chi connectivity index (χ1n) is 10.6. The highest BCUT2D eigenvalue weighted by Gasteiger charge is 2.27. The third-order valence-corrected chi connectivity index (χ3v) is 7.37. The number of carbonyl (C=O) groups is 2. The fourth-order valence-corrected chi connectivity index (χ4v) is 5.22. The number of rotatable bonds is 8. The number of nitrogens with zero attached hydrogens (tertiary/aromatic N) is 1. The number of sulfonamides is 1. The summed E-state index contributed by atoms with van der Waals surface area (Å²) in [7, 11) is -2.49. The van der Waals surface area contributed by atoms with Crippen molar-refractivity contribution >= 4 is 32.6 Å². The molecule has 33 heavy (non-hydrogen) atoms. The molecule has 0 heterocycles. The highest BCUT2D eigenvalue weighted by Crippen LogP contribution is 2.28. The zero-order valence-corrected chi connectivity index (χ0v) is 19.6. The van der Waals surface area contributed by atoms with E-state index in [1.807, 2.05) is 42.5 Å². The quantitative estimate of drug-likeness (QED) is 0.494. The summed E-state index contributed by atoms with van der Waals surface area (Å²) in [6, 6.07) is 17.5. The number of methoxy groups -OCH3 is 1. The van der Waals surface area contributed by atoms with Crippen LogP contribution in [0.1, 0.15) is 29.8 Å². The Hall–Kier alpha value is -3.43. The average Bonchev–Trinajstić information content (AvgIpc) is 2.83. The first kappa shape index (κ1) is 24.2. The van der Waals surface area contributed by atoms with Gasteiger partial charge in [-0.25, -0.2) is 8.42 Å². The first-order chi connectivity index (χ1) is 15.8. The number of benzene rings is 3. The number of fused-ring (bicyclic) bond motifs is 1. The molecule has 0 atom stereocenters. The summed E-state index contributed by atoms with van der Waals surface area (Å²) in [5, 5.41) is 1.98. The molecule has 0 saturated heterocycles. The number of carbonyl (C=O) groups excluding carboxylic acids is 2. The Morgan fingerprint density at radius 1 is 0.939 bits per heavy atom. The van der Waals surface area contributed by atoms with Gasteiger partial charge in [0.2, 0.25) is 15.9 Å². The van der Waals surface area contributed by atoms with Gasteiger partial charge in [0.05, 0.1) is 13.5 Å². The molecule has 0 aliphatic heterocycles. The van der Waals surface area contributed by atoms with E-state index in [9.17, 15) is 18.0 Å². The summed E-state index contributed by atoms with van der Waals surface area (Å²) in [6.45, 7) is 4.02. The molecule has 0 spiro atoms. The second-order valence-corrected chi connectivity index (χ2v) is 9.18. The van der Waals surface area contributed by atoms with Crippen molar-refractivity contribution in [3.05, 3.63) is 71.8 Å². The molecule has 0 radical (unpaired) electrons. The van der Waals surface area contributed by atoms with Crippen molar-refractivity contribution in [2.24, 2.45) is 0 Å². The van der Waals surface area contributed by atoms with Crippen LogP contribution in [-0.4, -0.2) is 44.7 Å². The zero-order chi connectivity index (χ0) is 24.0. The highest BCUT2D eigenvalue weighted by atomic mass is 32.2. The van der Waals surface area contributed by atoms with Crippen LogP contribution in [0.5, 0.6) is 5.75 Å². The Kier molecular flexibility index (Phi) is 7.67. The molecular formula is C24H27N3O5S. The van der Waals surface area contributed by atoms with E-state index in [0.717, 1.165) is 16.3 Å². The second kappa shape index (κ2) is 10.5. The van der Waals surface area contributed by atoms with E-state index < -0.39 is 21.8 Å². The lowest BCUT2D eigenvalue weighted by atomic mass is 10.0. The Morgan fingerprint density at radius 3 is 2.33 bits per heavy atom. The molecule has 3 aromatic carbocycles. The van der Waals surface area contributed by atoms with Crippen LogP contribution in [0.2, 0.25) is 0 Å². The summed E-state index contributed by atoms with van der Waals surface area (Å²) < 4.78 is 32.4. The Morgan fingerprint density at radius 2 is 1.64 bits per heavy atom. The van der Waals surface area contributed by atoms with Crippen LogP contribution in [0.15, 0.2) is 65.6 Å². The molecule has 3 rings (SSSR count). The zero-order valence-electron chi connectivity index (χ0n) is 18.8. The van der Waals surface area contributed by atoms with Crippen LogP contribution in [-0.2, 0) is 21.2 Å². The van der Waals surface area contributed by atoms with E-state index in [2.05, 4.69) is 10.9 Å². The fourth-order valence-electron chi connectivity index (χ4n) is 3.58. The smallest absolute Gasteiger partial charge is 0.269 e. The standard InChI is InChI=1S/C24H27N3O5S/c1-4-27(5-2)33(30,31)22-15-19(13-14-21(22)32-3)24(29)26-25-23(28)16-18-11-8-10-17-9-6-7-12-20(17)18/h6-15H,4-5,16H2,1-3H3,(H,25,28)(H,26,29).